The van der Waals surface area contributed by atoms with E-state index < -0.39 is 5.60 Å². The van der Waals surface area contributed by atoms with Gasteiger partial charge < -0.3 is 15.6 Å². The molecule has 15 heavy (non-hydrogen) atoms. The fourth-order valence-corrected chi connectivity index (χ4v) is 1.65. The zero-order valence-corrected chi connectivity index (χ0v) is 9.45. The molecule has 1 atom stereocenters. The van der Waals surface area contributed by atoms with E-state index in [1.165, 1.54) is 0 Å². The molecule has 1 heterocycles. The molecule has 0 aliphatic heterocycles. The topological polar surface area (TPSA) is 68.4 Å². The summed E-state index contributed by atoms with van der Waals surface area (Å²) in [6.45, 7) is 6.25. The number of hydrogen-bond donors (Lipinski definition) is 2. The summed E-state index contributed by atoms with van der Waals surface area (Å²) in [7, 11) is 0. The van der Waals surface area contributed by atoms with Crippen LogP contribution >= 0.6 is 0 Å². The number of rotatable bonds is 4. The number of nitrogens with zero attached hydrogens (tertiary/aromatic N) is 1. The Morgan fingerprint density at radius 2 is 2.27 bits per heavy atom. The average molecular weight is 210 g/mol. The SMILES string of the molecule is CCOCC(C)(O)c1c(C)ccnc1N. The molecule has 84 valence electrons. The van der Waals surface area contributed by atoms with Crippen molar-refractivity contribution in [3.63, 3.8) is 0 Å². The van der Waals surface area contributed by atoms with Gasteiger partial charge in [-0.25, -0.2) is 4.98 Å². The summed E-state index contributed by atoms with van der Waals surface area (Å²) in [5, 5.41) is 10.2. The Morgan fingerprint density at radius 1 is 1.60 bits per heavy atom. The number of aromatic nitrogens is 1. The molecule has 1 aromatic rings. The lowest BCUT2D eigenvalue weighted by Crippen LogP contribution is -2.30. The van der Waals surface area contributed by atoms with Crippen molar-refractivity contribution in [1.82, 2.24) is 4.98 Å². The molecule has 0 fully saturated rings. The third kappa shape index (κ3) is 2.67. The van der Waals surface area contributed by atoms with Crippen molar-refractivity contribution in [3.8, 4) is 0 Å². The lowest BCUT2D eigenvalue weighted by atomic mass is 9.93. The summed E-state index contributed by atoms with van der Waals surface area (Å²) in [5.74, 6) is 0.361. The highest BCUT2D eigenvalue weighted by molar-refractivity contribution is 5.47. The number of aliphatic hydroxyl groups is 1. The molecule has 1 aromatic heterocycles. The number of nitrogen functional groups attached to an aromatic ring is 1. The minimum atomic E-state index is -1.08. The van der Waals surface area contributed by atoms with Crippen molar-refractivity contribution in [2.75, 3.05) is 18.9 Å². The molecule has 0 saturated carbocycles. The summed E-state index contributed by atoms with van der Waals surface area (Å²) in [6.07, 6.45) is 1.63. The molecule has 0 radical (unpaired) electrons. The molecular weight excluding hydrogens is 192 g/mol. The molecule has 1 rings (SSSR count). The Morgan fingerprint density at radius 3 is 2.80 bits per heavy atom. The van der Waals surface area contributed by atoms with Gasteiger partial charge in [-0.3, -0.25) is 0 Å². The summed E-state index contributed by atoms with van der Waals surface area (Å²) >= 11 is 0. The first-order valence-corrected chi connectivity index (χ1v) is 5.00. The Hall–Kier alpha value is -1.13. The van der Waals surface area contributed by atoms with Crippen LogP contribution in [-0.2, 0) is 10.3 Å². The first-order chi connectivity index (χ1) is 6.99. The molecule has 3 N–H and O–H groups in total. The molecular formula is C11H18N2O2. The van der Waals surface area contributed by atoms with Crippen LogP contribution in [0, 0.1) is 6.92 Å². The van der Waals surface area contributed by atoms with Gasteiger partial charge in [0.15, 0.2) is 0 Å². The van der Waals surface area contributed by atoms with Gasteiger partial charge in [0.1, 0.15) is 11.4 Å². The molecule has 0 amide bonds. The van der Waals surface area contributed by atoms with Crippen LogP contribution in [0.3, 0.4) is 0 Å². The highest BCUT2D eigenvalue weighted by Crippen LogP contribution is 2.28. The Bertz CT molecular complexity index is 317. The summed E-state index contributed by atoms with van der Waals surface area (Å²) in [4.78, 5) is 3.98. The van der Waals surface area contributed by atoms with Crippen molar-refractivity contribution in [1.29, 1.82) is 0 Å². The fraction of sp³-hybridized carbons (Fsp3) is 0.545. The van der Waals surface area contributed by atoms with Crippen molar-refractivity contribution in [2.24, 2.45) is 0 Å². The second-order valence-electron chi connectivity index (χ2n) is 3.80. The largest absolute Gasteiger partial charge is 0.383 e. The first-order valence-electron chi connectivity index (χ1n) is 5.00. The summed E-state index contributed by atoms with van der Waals surface area (Å²) in [5.41, 5.74) is 6.24. The maximum absolute atomic E-state index is 10.2. The average Bonchev–Trinajstić information content (AvgIpc) is 2.14. The molecule has 4 nitrogen and oxygen atoms in total. The molecule has 0 aliphatic rings. The molecule has 0 aliphatic carbocycles. The quantitative estimate of drug-likeness (QED) is 0.784. The van der Waals surface area contributed by atoms with Gasteiger partial charge in [0.05, 0.1) is 6.61 Å². The van der Waals surface area contributed by atoms with Crippen LogP contribution in [0.1, 0.15) is 25.0 Å². The van der Waals surface area contributed by atoms with E-state index in [0.29, 0.717) is 18.0 Å². The number of nitrogens with two attached hydrogens (primary N) is 1. The van der Waals surface area contributed by atoms with Crippen molar-refractivity contribution in [3.05, 3.63) is 23.4 Å². The third-order valence-electron chi connectivity index (χ3n) is 2.31. The Kier molecular flexibility index (Phi) is 3.66. The lowest BCUT2D eigenvalue weighted by molar-refractivity contribution is -0.0343. The summed E-state index contributed by atoms with van der Waals surface area (Å²) < 4.78 is 5.23. The smallest absolute Gasteiger partial charge is 0.129 e. The first kappa shape index (κ1) is 11.9. The second-order valence-corrected chi connectivity index (χ2v) is 3.80. The van der Waals surface area contributed by atoms with Gasteiger partial charge >= 0.3 is 0 Å². The molecule has 0 spiro atoms. The molecule has 0 aromatic carbocycles. The molecule has 1 unspecified atom stereocenters. The second kappa shape index (κ2) is 4.59. The zero-order valence-electron chi connectivity index (χ0n) is 9.45. The van der Waals surface area contributed by atoms with Crippen molar-refractivity contribution in [2.45, 2.75) is 26.4 Å². The predicted molar refractivity (Wildman–Crippen MR) is 59.5 cm³/mol. The zero-order chi connectivity index (χ0) is 11.5. The van der Waals surface area contributed by atoms with E-state index in [0.717, 1.165) is 5.56 Å². The van der Waals surface area contributed by atoms with Gasteiger partial charge in [0.2, 0.25) is 0 Å². The van der Waals surface area contributed by atoms with Gasteiger partial charge in [-0.1, -0.05) is 0 Å². The Labute approximate surface area is 90.1 Å². The third-order valence-corrected chi connectivity index (χ3v) is 2.31. The lowest BCUT2D eigenvalue weighted by Gasteiger charge is -2.26. The number of ether oxygens (including phenoxy) is 1. The van der Waals surface area contributed by atoms with Crippen LogP contribution in [0.25, 0.3) is 0 Å². The van der Waals surface area contributed by atoms with Crippen LogP contribution in [0.2, 0.25) is 0 Å². The van der Waals surface area contributed by atoms with E-state index in [-0.39, 0.29) is 6.61 Å². The molecule has 0 saturated heterocycles. The highest BCUT2D eigenvalue weighted by atomic mass is 16.5. The fourth-order valence-electron chi connectivity index (χ4n) is 1.65. The van der Waals surface area contributed by atoms with E-state index >= 15 is 0 Å². The maximum atomic E-state index is 10.2. The maximum Gasteiger partial charge on any atom is 0.129 e. The summed E-state index contributed by atoms with van der Waals surface area (Å²) in [6, 6.07) is 1.83. The predicted octanol–water partition coefficient (Wildman–Crippen LogP) is 1.22. The van der Waals surface area contributed by atoms with Gasteiger partial charge in [-0.05, 0) is 32.4 Å². The normalized spacial score (nSPS) is 14.9. The molecule has 0 bridgehead atoms. The van der Waals surface area contributed by atoms with Gasteiger partial charge in [0.25, 0.3) is 0 Å². The Balaban J connectivity index is 3.03. The van der Waals surface area contributed by atoms with E-state index in [1.807, 2.05) is 19.9 Å². The number of anilines is 1. The minimum Gasteiger partial charge on any atom is -0.383 e. The van der Waals surface area contributed by atoms with E-state index in [1.54, 1.807) is 13.1 Å². The van der Waals surface area contributed by atoms with Gasteiger partial charge in [0, 0.05) is 18.4 Å². The van der Waals surface area contributed by atoms with Crippen LogP contribution < -0.4 is 5.73 Å². The number of hydrogen-bond acceptors (Lipinski definition) is 4. The highest BCUT2D eigenvalue weighted by Gasteiger charge is 2.28. The minimum absolute atomic E-state index is 0.222. The molecule has 4 heteroatoms. The van der Waals surface area contributed by atoms with Crippen molar-refractivity contribution >= 4 is 5.82 Å². The number of aryl methyl sites for hydroxylation is 1. The van der Waals surface area contributed by atoms with E-state index in [9.17, 15) is 5.11 Å². The van der Waals surface area contributed by atoms with Crippen LogP contribution in [-0.4, -0.2) is 23.3 Å². The number of pyridine rings is 1. The van der Waals surface area contributed by atoms with Gasteiger partial charge in [-0.15, -0.1) is 0 Å². The standard InChI is InChI=1S/C11H18N2O2/c1-4-15-7-11(3,14)9-8(2)5-6-13-10(9)12/h5-6,14H,4,7H2,1-3H3,(H2,12,13). The van der Waals surface area contributed by atoms with Crippen LogP contribution in [0.5, 0.6) is 0 Å². The van der Waals surface area contributed by atoms with Crippen molar-refractivity contribution < 1.29 is 9.84 Å². The van der Waals surface area contributed by atoms with Gasteiger partial charge in [-0.2, -0.15) is 0 Å². The van der Waals surface area contributed by atoms with Crippen LogP contribution in [0.15, 0.2) is 12.3 Å². The van der Waals surface area contributed by atoms with Crippen LogP contribution in [0.4, 0.5) is 5.82 Å². The van der Waals surface area contributed by atoms with E-state index in [2.05, 4.69) is 4.98 Å². The monoisotopic (exact) mass is 210 g/mol. The van der Waals surface area contributed by atoms with E-state index in [4.69, 9.17) is 10.5 Å².